The number of carbonyl (C=O) groups excluding carboxylic acids is 1. The lowest BCUT2D eigenvalue weighted by Crippen LogP contribution is -2.03. The van der Waals surface area contributed by atoms with Crippen LogP contribution in [-0.2, 0) is 0 Å². The van der Waals surface area contributed by atoms with Gasteiger partial charge in [0.05, 0.1) is 5.52 Å². The van der Waals surface area contributed by atoms with Crippen molar-refractivity contribution in [3.63, 3.8) is 0 Å². The molecule has 0 saturated heterocycles. The maximum atomic E-state index is 12.1. The number of hydrogen-bond donors (Lipinski definition) is 0. The zero-order valence-electron chi connectivity index (χ0n) is 14.4. The number of carbonyl (C=O) groups is 1. The van der Waals surface area contributed by atoms with E-state index in [4.69, 9.17) is 11.6 Å². The molecule has 4 heterocycles. The molecule has 0 fully saturated rings. The highest BCUT2D eigenvalue weighted by Gasteiger charge is 2.15. The van der Waals surface area contributed by atoms with Crippen LogP contribution in [0.25, 0.3) is 27.7 Å². The van der Waals surface area contributed by atoms with E-state index in [0.29, 0.717) is 22.9 Å². The lowest BCUT2D eigenvalue weighted by Gasteiger charge is -2.10. The molecule has 7 heteroatoms. The van der Waals surface area contributed by atoms with Gasteiger partial charge in [0, 0.05) is 41.4 Å². The second-order valence-electron chi connectivity index (χ2n) is 6.18. The van der Waals surface area contributed by atoms with Crippen LogP contribution in [0.15, 0.2) is 36.9 Å². The molecule has 0 aromatic carbocycles. The van der Waals surface area contributed by atoms with E-state index in [1.807, 2.05) is 26.0 Å². The lowest BCUT2D eigenvalue weighted by molar-refractivity contribution is 0.0977. The standard InChI is InChI=1S/C19H16ClN5O/c1-3-4-17(26)15-5-11(2)14(9-21-15)13-6-12-8-22-18(20)7-16(12)25-19(13)23-10-24-25/h5-10H,3-4H2,1-2H3. The summed E-state index contributed by atoms with van der Waals surface area (Å²) in [4.78, 5) is 25.0. The number of hydrogen-bond acceptors (Lipinski definition) is 5. The second-order valence-corrected chi connectivity index (χ2v) is 6.56. The summed E-state index contributed by atoms with van der Waals surface area (Å²) < 4.78 is 1.74. The van der Waals surface area contributed by atoms with Gasteiger partial charge < -0.3 is 0 Å². The van der Waals surface area contributed by atoms with Crippen molar-refractivity contribution >= 4 is 33.9 Å². The van der Waals surface area contributed by atoms with Crippen LogP contribution in [0.3, 0.4) is 0 Å². The van der Waals surface area contributed by atoms with E-state index in [1.54, 1.807) is 23.0 Å². The van der Waals surface area contributed by atoms with E-state index in [0.717, 1.165) is 34.0 Å². The molecule has 4 aromatic heterocycles. The molecular weight excluding hydrogens is 350 g/mol. The molecule has 6 nitrogen and oxygen atoms in total. The van der Waals surface area contributed by atoms with Crippen LogP contribution in [0.4, 0.5) is 0 Å². The van der Waals surface area contributed by atoms with Gasteiger partial charge in [-0.3, -0.25) is 9.78 Å². The number of fused-ring (bicyclic) bond motifs is 3. The Kier molecular flexibility index (Phi) is 4.12. The lowest BCUT2D eigenvalue weighted by atomic mass is 10.0. The SMILES string of the molecule is CCCC(=O)c1cc(C)c(-c2cc3cnc(Cl)cc3n3ncnc23)cn1. The number of Topliss-reactive ketones (excluding diaryl/α,β-unsaturated/α-hetero) is 1. The quantitative estimate of drug-likeness (QED) is 0.398. The van der Waals surface area contributed by atoms with Gasteiger partial charge in [-0.15, -0.1) is 0 Å². The summed E-state index contributed by atoms with van der Waals surface area (Å²) in [5.41, 5.74) is 4.80. The molecule has 4 aromatic rings. The molecule has 0 aliphatic rings. The Morgan fingerprint density at radius 1 is 1.12 bits per heavy atom. The van der Waals surface area contributed by atoms with Gasteiger partial charge in [0.25, 0.3) is 0 Å². The van der Waals surface area contributed by atoms with Crippen LogP contribution in [-0.4, -0.2) is 30.3 Å². The second kappa shape index (κ2) is 6.46. The van der Waals surface area contributed by atoms with Gasteiger partial charge >= 0.3 is 0 Å². The molecule has 0 amide bonds. The van der Waals surface area contributed by atoms with Gasteiger partial charge in [-0.2, -0.15) is 5.10 Å². The number of aromatic nitrogens is 5. The van der Waals surface area contributed by atoms with Crippen molar-refractivity contribution in [2.24, 2.45) is 0 Å². The highest BCUT2D eigenvalue weighted by atomic mass is 35.5. The highest BCUT2D eigenvalue weighted by molar-refractivity contribution is 6.30. The third-order valence-corrected chi connectivity index (χ3v) is 4.57. The summed E-state index contributed by atoms with van der Waals surface area (Å²) in [6.07, 6.45) is 6.26. The number of aryl methyl sites for hydroxylation is 1. The average Bonchev–Trinajstić information content (AvgIpc) is 3.12. The average molecular weight is 366 g/mol. The molecule has 26 heavy (non-hydrogen) atoms. The Balaban J connectivity index is 1.92. The summed E-state index contributed by atoms with van der Waals surface area (Å²) in [5, 5.41) is 5.62. The molecule has 130 valence electrons. The fourth-order valence-corrected chi connectivity index (χ4v) is 3.24. The van der Waals surface area contributed by atoms with Crippen LogP contribution < -0.4 is 0 Å². The van der Waals surface area contributed by atoms with Gasteiger partial charge in [-0.1, -0.05) is 18.5 Å². The van der Waals surface area contributed by atoms with Crippen LogP contribution in [0.5, 0.6) is 0 Å². The van der Waals surface area contributed by atoms with E-state index < -0.39 is 0 Å². The van der Waals surface area contributed by atoms with Crippen molar-refractivity contribution in [2.75, 3.05) is 0 Å². The molecule has 0 unspecified atom stereocenters. The zero-order chi connectivity index (χ0) is 18.3. The predicted octanol–water partition coefficient (Wildman–Crippen LogP) is 4.28. The molecule has 0 aliphatic heterocycles. The van der Waals surface area contributed by atoms with Gasteiger partial charge in [-0.25, -0.2) is 14.5 Å². The number of halogens is 1. The van der Waals surface area contributed by atoms with E-state index >= 15 is 0 Å². The molecule has 0 atom stereocenters. The van der Waals surface area contributed by atoms with Crippen molar-refractivity contribution in [3.05, 3.63) is 53.3 Å². The Labute approximate surface area is 154 Å². The van der Waals surface area contributed by atoms with E-state index in [-0.39, 0.29) is 5.78 Å². The van der Waals surface area contributed by atoms with Gasteiger partial charge in [0.2, 0.25) is 0 Å². The van der Waals surface area contributed by atoms with Gasteiger partial charge in [0.15, 0.2) is 11.4 Å². The van der Waals surface area contributed by atoms with Crippen molar-refractivity contribution in [3.8, 4) is 11.1 Å². The van der Waals surface area contributed by atoms with Gasteiger partial charge in [0.1, 0.15) is 17.2 Å². The Morgan fingerprint density at radius 3 is 2.73 bits per heavy atom. The molecule has 0 spiro atoms. The Bertz CT molecular complexity index is 1150. The van der Waals surface area contributed by atoms with Gasteiger partial charge in [-0.05, 0) is 31.0 Å². The maximum absolute atomic E-state index is 12.1. The first-order valence-electron chi connectivity index (χ1n) is 8.36. The minimum atomic E-state index is 0.0622. The molecule has 4 rings (SSSR count). The number of nitrogens with zero attached hydrogens (tertiary/aromatic N) is 5. The number of ketones is 1. The fraction of sp³-hybridized carbons (Fsp3) is 0.211. The van der Waals surface area contributed by atoms with E-state index in [2.05, 4.69) is 20.1 Å². The molecule has 0 bridgehead atoms. The van der Waals surface area contributed by atoms with E-state index in [9.17, 15) is 4.79 Å². The zero-order valence-corrected chi connectivity index (χ0v) is 15.2. The number of rotatable bonds is 4. The summed E-state index contributed by atoms with van der Waals surface area (Å²) >= 11 is 6.03. The normalized spacial score (nSPS) is 11.3. The number of pyridine rings is 3. The monoisotopic (exact) mass is 365 g/mol. The summed E-state index contributed by atoms with van der Waals surface area (Å²) in [6, 6.07) is 5.60. The summed E-state index contributed by atoms with van der Waals surface area (Å²) in [7, 11) is 0. The highest BCUT2D eigenvalue weighted by Crippen LogP contribution is 2.30. The first kappa shape index (κ1) is 16.6. The fourth-order valence-electron chi connectivity index (χ4n) is 3.09. The van der Waals surface area contributed by atoms with Crippen LogP contribution >= 0.6 is 11.6 Å². The van der Waals surface area contributed by atoms with Crippen molar-refractivity contribution in [1.29, 1.82) is 0 Å². The summed E-state index contributed by atoms with van der Waals surface area (Å²) in [6.45, 7) is 3.95. The molecule has 0 aliphatic carbocycles. The first-order valence-corrected chi connectivity index (χ1v) is 8.74. The van der Waals surface area contributed by atoms with Crippen molar-refractivity contribution in [2.45, 2.75) is 26.7 Å². The molecule has 0 saturated carbocycles. The van der Waals surface area contributed by atoms with Crippen molar-refractivity contribution < 1.29 is 4.79 Å². The minimum absolute atomic E-state index is 0.0622. The first-order chi connectivity index (χ1) is 12.6. The van der Waals surface area contributed by atoms with Crippen LogP contribution in [0.2, 0.25) is 5.15 Å². The van der Waals surface area contributed by atoms with Crippen LogP contribution in [0.1, 0.15) is 35.8 Å². The Morgan fingerprint density at radius 2 is 1.96 bits per heavy atom. The largest absolute Gasteiger partial charge is 0.292 e. The van der Waals surface area contributed by atoms with Crippen molar-refractivity contribution in [1.82, 2.24) is 24.6 Å². The Hall–Kier alpha value is -2.86. The minimum Gasteiger partial charge on any atom is -0.292 e. The molecular formula is C19H16ClN5O. The third kappa shape index (κ3) is 2.72. The summed E-state index contributed by atoms with van der Waals surface area (Å²) in [5.74, 6) is 0.0622. The molecule has 0 N–H and O–H groups in total. The third-order valence-electron chi connectivity index (χ3n) is 4.36. The van der Waals surface area contributed by atoms with E-state index in [1.165, 1.54) is 6.33 Å². The molecule has 0 radical (unpaired) electrons. The smallest absolute Gasteiger partial charge is 0.181 e. The predicted molar refractivity (Wildman–Crippen MR) is 101 cm³/mol. The topological polar surface area (TPSA) is 73.0 Å². The van der Waals surface area contributed by atoms with Crippen LogP contribution in [0, 0.1) is 6.92 Å². The maximum Gasteiger partial charge on any atom is 0.181 e.